The first kappa shape index (κ1) is 9.86. The molecular formula is C10H5BrClN3O. The second-order valence-electron chi connectivity index (χ2n) is 3.36. The summed E-state index contributed by atoms with van der Waals surface area (Å²) in [4.78, 5) is 10.9. The van der Waals surface area contributed by atoms with Gasteiger partial charge in [-0.25, -0.2) is 9.97 Å². The van der Waals surface area contributed by atoms with Crippen molar-refractivity contribution in [2.24, 2.45) is 0 Å². The third kappa shape index (κ3) is 1.28. The highest BCUT2D eigenvalue weighted by Gasteiger charge is 2.12. The van der Waals surface area contributed by atoms with Crippen molar-refractivity contribution >= 4 is 49.5 Å². The Bertz CT molecular complexity index is 710. The van der Waals surface area contributed by atoms with Crippen LogP contribution < -0.4 is 0 Å². The maximum absolute atomic E-state index is 9.70. The van der Waals surface area contributed by atoms with Crippen LogP contribution in [0.1, 0.15) is 0 Å². The van der Waals surface area contributed by atoms with Gasteiger partial charge >= 0.3 is 0 Å². The lowest BCUT2D eigenvalue weighted by Gasteiger charge is -1.96. The van der Waals surface area contributed by atoms with Gasteiger partial charge in [0, 0.05) is 15.4 Å². The van der Waals surface area contributed by atoms with Gasteiger partial charge in [0.1, 0.15) is 12.0 Å². The van der Waals surface area contributed by atoms with E-state index in [1.54, 1.807) is 6.07 Å². The number of nitrogens with zero attached hydrogens (tertiary/aromatic N) is 2. The zero-order valence-electron chi connectivity index (χ0n) is 7.83. The van der Waals surface area contributed by atoms with Crippen LogP contribution in [0.25, 0.3) is 21.9 Å². The van der Waals surface area contributed by atoms with Crippen molar-refractivity contribution in [3.05, 3.63) is 28.0 Å². The quantitative estimate of drug-likeness (QED) is 0.670. The molecule has 0 aliphatic heterocycles. The minimum Gasteiger partial charge on any atom is -0.493 e. The Morgan fingerprint density at radius 3 is 2.94 bits per heavy atom. The van der Waals surface area contributed by atoms with Gasteiger partial charge in [-0.1, -0.05) is 11.6 Å². The van der Waals surface area contributed by atoms with Gasteiger partial charge in [0.2, 0.25) is 5.88 Å². The summed E-state index contributed by atoms with van der Waals surface area (Å²) >= 11 is 9.33. The summed E-state index contributed by atoms with van der Waals surface area (Å²) in [5.74, 6) is -0.0366. The number of fused-ring (bicyclic) bond motifs is 3. The van der Waals surface area contributed by atoms with Crippen molar-refractivity contribution in [1.82, 2.24) is 15.0 Å². The van der Waals surface area contributed by atoms with Gasteiger partial charge in [-0.15, -0.1) is 0 Å². The second-order valence-corrected chi connectivity index (χ2v) is 4.62. The van der Waals surface area contributed by atoms with Crippen LogP contribution in [0.2, 0.25) is 5.02 Å². The summed E-state index contributed by atoms with van der Waals surface area (Å²) in [6.07, 6.45) is 1.31. The molecule has 0 amide bonds. The minimum absolute atomic E-state index is 0.0366. The summed E-state index contributed by atoms with van der Waals surface area (Å²) in [6, 6.07) is 3.61. The van der Waals surface area contributed by atoms with E-state index in [9.17, 15) is 5.11 Å². The van der Waals surface area contributed by atoms with Crippen LogP contribution in [0.3, 0.4) is 0 Å². The Labute approximate surface area is 103 Å². The third-order valence-electron chi connectivity index (χ3n) is 2.41. The van der Waals surface area contributed by atoms with Gasteiger partial charge in [0.15, 0.2) is 0 Å². The van der Waals surface area contributed by atoms with Crippen molar-refractivity contribution < 1.29 is 5.11 Å². The highest BCUT2D eigenvalue weighted by molar-refractivity contribution is 9.10. The summed E-state index contributed by atoms with van der Waals surface area (Å²) in [5, 5.41) is 11.7. The second kappa shape index (κ2) is 3.33. The smallest absolute Gasteiger partial charge is 0.224 e. The van der Waals surface area contributed by atoms with E-state index in [0.717, 1.165) is 15.4 Å². The Morgan fingerprint density at radius 2 is 2.12 bits per heavy atom. The van der Waals surface area contributed by atoms with Crippen molar-refractivity contribution in [2.75, 3.05) is 0 Å². The van der Waals surface area contributed by atoms with Crippen LogP contribution in [-0.4, -0.2) is 20.1 Å². The average Bonchev–Trinajstić information content (AvgIpc) is 2.58. The molecule has 4 nitrogen and oxygen atoms in total. The lowest BCUT2D eigenvalue weighted by atomic mass is 10.2. The molecule has 0 aliphatic carbocycles. The summed E-state index contributed by atoms with van der Waals surface area (Å²) in [6.45, 7) is 0. The van der Waals surface area contributed by atoms with E-state index in [1.165, 1.54) is 6.33 Å². The molecule has 2 heterocycles. The van der Waals surface area contributed by atoms with Gasteiger partial charge in [-0.05, 0) is 28.1 Å². The van der Waals surface area contributed by atoms with Crippen LogP contribution in [0.15, 0.2) is 22.9 Å². The highest BCUT2D eigenvalue weighted by atomic mass is 79.9. The maximum atomic E-state index is 9.70. The Morgan fingerprint density at radius 1 is 1.31 bits per heavy atom. The van der Waals surface area contributed by atoms with Gasteiger partial charge in [0.25, 0.3) is 0 Å². The molecule has 0 unspecified atom stereocenters. The first-order valence-electron chi connectivity index (χ1n) is 4.47. The van der Waals surface area contributed by atoms with Crippen LogP contribution in [-0.2, 0) is 0 Å². The van der Waals surface area contributed by atoms with Crippen molar-refractivity contribution in [3.63, 3.8) is 0 Å². The van der Waals surface area contributed by atoms with Crippen LogP contribution in [0, 0.1) is 0 Å². The number of benzene rings is 1. The van der Waals surface area contributed by atoms with E-state index in [-0.39, 0.29) is 5.88 Å². The first-order valence-corrected chi connectivity index (χ1v) is 5.64. The molecule has 0 saturated carbocycles. The molecule has 0 aliphatic rings. The van der Waals surface area contributed by atoms with Gasteiger partial charge in [0.05, 0.1) is 10.4 Å². The van der Waals surface area contributed by atoms with Gasteiger partial charge < -0.3 is 10.1 Å². The molecule has 80 valence electrons. The van der Waals surface area contributed by atoms with E-state index in [1.807, 2.05) is 6.07 Å². The molecule has 16 heavy (non-hydrogen) atoms. The Hall–Kier alpha value is -1.33. The number of H-pyrrole nitrogens is 1. The topological polar surface area (TPSA) is 61.8 Å². The SMILES string of the molecule is Oc1ncnc2[nH]c3cc(Cl)c(Br)cc3c12. The van der Waals surface area contributed by atoms with Crippen LogP contribution in [0.4, 0.5) is 0 Å². The molecule has 1 aromatic carbocycles. The summed E-state index contributed by atoms with van der Waals surface area (Å²) < 4.78 is 0.769. The number of hydrogen-bond donors (Lipinski definition) is 2. The number of aromatic amines is 1. The minimum atomic E-state index is -0.0366. The molecule has 3 aromatic rings. The molecule has 0 atom stereocenters. The first-order chi connectivity index (χ1) is 7.66. The monoisotopic (exact) mass is 297 g/mol. The molecule has 0 fully saturated rings. The number of aromatic nitrogens is 3. The number of halogens is 2. The standard InChI is InChI=1S/C10H5BrClN3O/c11-5-1-4-7(2-6(5)12)15-9-8(4)10(16)14-3-13-9/h1-3H,(H2,13,14,15,16). The predicted molar refractivity (Wildman–Crippen MR) is 65.8 cm³/mol. The zero-order chi connectivity index (χ0) is 11.3. The Kier molecular flexibility index (Phi) is 2.05. The summed E-state index contributed by atoms with van der Waals surface area (Å²) in [7, 11) is 0. The zero-order valence-corrected chi connectivity index (χ0v) is 10.2. The number of rotatable bonds is 0. The third-order valence-corrected chi connectivity index (χ3v) is 3.61. The Balaban J connectivity index is 2.58. The lowest BCUT2D eigenvalue weighted by Crippen LogP contribution is -1.79. The lowest BCUT2D eigenvalue weighted by molar-refractivity contribution is 0.459. The largest absolute Gasteiger partial charge is 0.493 e. The summed E-state index contributed by atoms with van der Waals surface area (Å²) in [5.41, 5.74) is 1.41. The fourth-order valence-corrected chi connectivity index (χ4v) is 2.21. The molecule has 0 spiro atoms. The molecule has 2 aromatic heterocycles. The van der Waals surface area contributed by atoms with Gasteiger partial charge in [-0.2, -0.15) is 0 Å². The molecule has 0 bridgehead atoms. The van der Waals surface area contributed by atoms with E-state index in [4.69, 9.17) is 11.6 Å². The van der Waals surface area contributed by atoms with Crippen molar-refractivity contribution in [1.29, 1.82) is 0 Å². The number of aromatic hydroxyl groups is 1. The molecule has 3 rings (SSSR count). The fraction of sp³-hybridized carbons (Fsp3) is 0. The molecule has 0 saturated heterocycles. The van der Waals surface area contributed by atoms with E-state index < -0.39 is 0 Å². The van der Waals surface area contributed by atoms with Crippen molar-refractivity contribution in [3.8, 4) is 5.88 Å². The van der Waals surface area contributed by atoms with E-state index >= 15 is 0 Å². The molecular weight excluding hydrogens is 293 g/mol. The molecule has 0 radical (unpaired) electrons. The number of hydrogen-bond acceptors (Lipinski definition) is 3. The van der Waals surface area contributed by atoms with Crippen LogP contribution in [0.5, 0.6) is 5.88 Å². The average molecular weight is 299 g/mol. The van der Waals surface area contributed by atoms with Crippen LogP contribution >= 0.6 is 27.5 Å². The number of nitrogens with one attached hydrogen (secondary N) is 1. The van der Waals surface area contributed by atoms with Gasteiger partial charge in [-0.3, -0.25) is 0 Å². The fourth-order valence-electron chi connectivity index (χ4n) is 1.70. The van der Waals surface area contributed by atoms with E-state index in [2.05, 4.69) is 30.9 Å². The molecule has 6 heteroatoms. The highest BCUT2D eigenvalue weighted by Crippen LogP contribution is 2.34. The normalized spacial score (nSPS) is 11.4. The van der Waals surface area contributed by atoms with E-state index in [0.29, 0.717) is 16.1 Å². The predicted octanol–water partition coefficient (Wildman–Crippen LogP) is 3.23. The molecule has 2 N–H and O–H groups in total. The maximum Gasteiger partial charge on any atom is 0.224 e. The van der Waals surface area contributed by atoms with Crippen molar-refractivity contribution in [2.45, 2.75) is 0 Å².